The zero-order valence-electron chi connectivity index (χ0n) is 19.2. The molecule has 0 spiro atoms. The summed E-state index contributed by atoms with van der Waals surface area (Å²) in [5, 5.41) is 9.63. The highest BCUT2D eigenvalue weighted by atomic mass is 32.1. The molecule has 3 aromatic rings. The highest BCUT2D eigenvalue weighted by molar-refractivity contribution is 7.09. The summed E-state index contributed by atoms with van der Waals surface area (Å²) in [6, 6.07) is 11.7. The molecule has 7 nitrogen and oxygen atoms in total. The number of carbonyl (C=O) groups excluding carboxylic acids is 2. The lowest BCUT2D eigenvalue weighted by atomic mass is 10.0. The fraction of sp³-hybridized carbons (Fsp3) is 0.400. The molecule has 0 atom stereocenters. The number of hydrogen-bond donors (Lipinski definition) is 1. The number of ether oxygens (including phenoxy) is 1. The van der Waals surface area contributed by atoms with Gasteiger partial charge >= 0.3 is 0 Å². The molecule has 0 saturated carbocycles. The molecule has 1 aromatic carbocycles. The summed E-state index contributed by atoms with van der Waals surface area (Å²) in [6.45, 7) is 4.24. The highest BCUT2D eigenvalue weighted by Gasteiger charge is 2.29. The molecule has 0 saturated heterocycles. The van der Waals surface area contributed by atoms with E-state index >= 15 is 0 Å². The summed E-state index contributed by atoms with van der Waals surface area (Å²) < 4.78 is 7.08. The molecular weight excluding hydrogens is 436 g/mol. The van der Waals surface area contributed by atoms with Gasteiger partial charge in [-0.3, -0.25) is 14.3 Å². The van der Waals surface area contributed by atoms with Crippen molar-refractivity contribution < 1.29 is 14.3 Å². The Labute approximate surface area is 198 Å². The van der Waals surface area contributed by atoms with Gasteiger partial charge < -0.3 is 15.0 Å². The van der Waals surface area contributed by atoms with Gasteiger partial charge in [-0.05, 0) is 48.9 Å². The van der Waals surface area contributed by atoms with Gasteiger partial charge in [0.25, 0.3) is 5.91 Å². The van der Waals surface area contributed by atoms with E-state index in [1.165, 1.54) is 4.88 Å². The third-order valence-corrected chi connectivity index (χ3v) is 6.94. The smallest absolute Gasteiger partial charge is 0.272 e. The quantitative estimate of drug-likeness (QED) is 0.520. The lowest BCUT2D eigenvalue weighted by molar-refractivity contribution is -0.132. The molecule has 2 amide bonds. The molecule has 0 radical (unpaired) electrons. The van der Waals surface area contributed by atoms with E-state index in [4.69, 9.17) is 4.74 Å². The molecule has 1 N–H and O–H groups in total. The van der Waals surface area contributed by atoms with E-state index < -0.39 is 0 Å². The van der Waals surface area contributed by atoms with E-state index in [1.807, 2.05) is 46.8 Å². The van der Waals surface area contributed by atoms with Crippen LogP contribution in [0.1, 0.15) is 52.0 Å². The third kappa shape index (κ3) is 5.45. The number of rotatable bonds is 9. The fourth-order valence-corrected chi connectivity index (χ4v) is 4.94. The minimum Gasteiger partial charge on any atom is -0.497 e. The summed E-state index contributed by atoms with van der Waals surface area (Å²) >= 11 is 1.73. The summed E-state index contributed by atoms with van der Waals surface area (Å²) in [5.41, 5.74) is 3.35. The number of fused-ring (bicyclic) bond motifs is 1. The van der Waals surface area contributed by atoms with Crippen molar-refractivity contribution in [3.63, 3.8) is 0 Å². The SMILES string of the molecule is CCn1nc(C(=O)NCc2ccc(OC)cc2)c2c1CCN(C(=O)CCCc1cccs1)C2. The van der Waals surface area contributed by atoms with Gasteiger partial charge in [-0.25, -0.2) is 0 Å². The number of thiophene rings is 1. The van der Waals surface area contributed by atoms with Crippen molar-refractivity contribution in [2.45, 2.75) is 52.2 Å². The fourth-order valence-electron chi connectivity index (χ4n) is 4.18. The number of aromatic nitrogens is 2. The Morgan fingerprint density at radius 2 is 2.03 bits per heavy atom. The number of aryl methyl sites for hydroxylation is 2. The molecule has 2 aromatic heterocycles. The first-order valence-electron chi connectivity index (χ1n) is 11.4. The lowest BCUT2D eigenvalue weighted by Crippen LogP contribution is -2.37. The Hall–Kier alpha value is -3.13. The monoisotopic (exact) mass is 466 g/mol. The van der Waals surface area contributed by atoms with Crippen LogP contribution in [0.4, 0.5) is 0 Å². The number of carbonyl (C=O) groups is 2. The first kappa shape index (κ1) is 23.0. The van der Waals surface area contributed by atoms with E-state index in [9.17, 15) is 9.59 Å². The molecule has 0 unspecified atom stereocenters. The van der Waals surface area contributed by atoms with Crippen LogP contribution in [-0.2, 0) is 37.3 Å². The number of hydrogen-bond acceptors (Lipinski definition) is 5. The first-order chi connectivity index (χ1) is 16.1. The maximum Gasteiger partial charge on any atom is 0.272 e. The lowest BCUT2D eigenvalue weighted by Gasteiger charge is -2.28. The van der Waals surface area contributed by atoms with Gasteiger partial charge in [0.2, 0.25) is 5.91 Å². The molecule has 0 fully saturated rings. The number of amides is 2. The predicted octanol–water partition coefficient (Wildman–Crippen LogP) is 3.81. The highest BCUT2D eigenvalue weighted by Crippen LogP contribution is 2.24. The van der Waals surface area contributed by atoms with Gasteiger partial charge in [0.15, 0.2) is 5.69 Å². The third-order valence-electron chi connectivity index (χ3n) is 6.01. The molecule has 8 heteroatoms. The van der Waals surface area contributed by atoms with Gasteiger partial charge in [0, 0.05) is 55.2 Å². The minimum absolute atomic E-state index is 0.144. The standard InChI is InChI=1S/C25H30N4O3S/c1-3-29-22-13-14-28(23(30)8-4-6-20-7-5-15-33-20)17-21(22)24(27-29)25(31)26-16-18-9-11-19(32-2)12-10-18/h5,7,9-12,15H,3-4,6,8,13-14,16-17H2,1-2H3,(H,26,31). The Kier molecular flexibility index (Phi) is 7.44. The Morgan fingerprint density at radius 3 is 2.73 bits per heavy atom. The Morgan fingerprint density at radius 1 is 1.21 bits per heavy atom. The molecule has 0 bridgehead atoms. The van der Waals surface area contributed by atoms with Gasteiger partial charge in [-0.2, -0.15) is 5.10 Å². The van der Waals surface area contributed by atoms with Crippen LogP contribution in [0.2, 0.25) is 0 Å². The van der Waals surface area contributed by atoms with Gasteiger partial charge in [-0.1, -0.05) is 18.2 Å². The number of methoxy groups -OCH3 is 1. The maximum atomic E-state index is 13.0. The van der Waals surface area contributed by atoms with Crippen molar-refractivity contribution >= 4 is 23.2 Å². The van der Waals surface area contributed by atoms with Crippen molar-refractivity contribution in [2.75, 3.05) is 13.7 Å². The molecule has 3 heterocycles. The zero-order valence-corrected chi connectivity index (χ0v) is 20.0. The van der Waals surface area contributed by atoms with Crippen LogP contribution < -0.4 is 10.1 Å². The van der Waals surface area contributed by atoms with Crippen LogP contribution in [0, 0.1) is 0 Å². The molecule has 4 rings (SSSR count). The van der Waals surface area contributed by atoms with Crippen LogP contribution in [0.3, 0.4) is 0 Å². The summed E-state index contributed by atoms with van der Waals surface area (Å²) in [7, 11) is 1.63. The predicted molar refractivity (Wildman–Crippen MR) is 128 cm³/mol. The van der Waals surface area contributed by atoms with E-state index in [1.54, 1.807) is 18.4 Å². The zero-order chi connectivity index (χ0) is 23.2. The van der Waals surface area contributed by atoms with Crippen LogP contribution >= 0.6 is 11.3 Å². The van der Waals surface area contributed by atoms with E-state index in [2.05, 4.69) is 21.9 Å². The summed E-state index contributed by atoms with van der Waals surface area (Å²) in [6.07, 6.45) is 3.01. The molecule has 174 valence electrons. The second-order valence-corrected chi connectivity index (χ2v) is 9.15. The molecule has 33 heavy (non-hydrogen) atoms. The van der Waals surface area contributed by atoms with Crippen molar-refractivity contribution in [1.29, 1.82) is 0 Å². The van der Waals surface area contributed by atoms with Gasteiger partial charge in [-0.15, -0.1) is 11.3 Å². The van der Waals surface area contributed by atoms with Crippen molar-refractivity contribution in [3.8, 4) is 5.75 Å². The van der Waals surface area contributed by atoms with Gasteiger partial charge in [0.05, 0.1) is 7.11 Å². The first-order valence-corrected chi connectivity index (χ1v) is 12.3. The average molecular weight is 467 g/mol. The van der Waals surface area contributed by atoms with Gasteiger partial charge in [0.1, 0.15) is 5.75 Å². The van der Waals surface area contributed by atoms with Crippen LogP contribution in [0.25, 0.3) is 0 Å². The van der Waals surface area contributed by atoms with Crippen molar-refractivity contribution in [3.05, 3.63) is 69.2 Å². The van der Waals surface area contributed by atoms with Crippen LogP contribution in [0.5, 0.6) is 5.75 Å². The Bertz CT molecular complexity index is 1090. The van der Waals surface area contributed by atoms with Crippen molar-refractivity contribution in [1.82, 2.24) is 20.0 Å². The van der Waals surface area contributed by atoms with E-state index in [-0.39, 0.29) is 11.8 Å². The molecule has 1 aliphatic heterocycles. The van der Waals surface area contributed by atoms with Crippen molar-refractivity contribution in [2.24, 2.45) is 0 Å². The summed E-state index contributed by atoms with van der Waals surface area (Å²) in [5.74, 6) is 0.716. The Balaban J connectivity index is 1.40. The molecule has 1 aliphatic rings. The number of nitrogens with zero attached hydrogens (tertiary/aromatic N) is 3. The number of benzene rings is 1. The molecular formula is C25H30N4O3S. The van der Waals surface area contributed by atoms with Crippen LogP contribution in [0.15, 0.2) is 41.8 Å². The minimum atomic E-state index is -0.207. The van der Waals surface area contributed by atoms with E-state index in [0.717, 1.165) is 41.8 Å². The summed E-state index contributed by atoms with van der Waals surface area (Å²) in [4.78, 5) is 29.0. The second kappa shape index (κ2) is 10.7. The average Bonchev–Trinajstić information content (AvgIpc) is 3.50. The maximum absolute atomic E-state index is 13.0. The van der Waals surface area contributed by atoms with E-state index in [0.29, 0.717) is 38.3 Å². The van der Waals surface area contributed by atoms with Crippen LogP contribution in [-0.4, -0.2) is 40.1 Å². The largest absolute Gasteiger partial charge is 0.497 e. The molecule has 0 aliphatic carbocycles. The second-order valence-electron chi connectivity index (χ2n) is 8.12. The topological polar surface area (TPSA) is 76.5 Å². The normalized spacial score (nSPS) is 13.0. The number of nitrogens with one attached hydrogen (secondary N) is 1.